The van der Waals surface area contributed by atoms with E-state index >= 15 is 0 Å². The lowest BCUT2D eigenvalue weighted by Crippen LogP contribution is -2.27. The first kappa shape index (κ1) is 14.3. The topological polar surface area (TPSA) is 68.5 Å². The Bertz CT molecular complexity index is 401. The van der Waals surface area contributed by atoms with Gasteiger partial charge in [0.05, 0.1) is 24.6 Å². The van der Waals surface area contributed by atoms with Crippen molar-refractivity contribution < 1.29 is 9.53 Å². The molecule has 1 aromatic heterocycles. The molecule has 100 valence electrons. The van der Waals surface area contributed by atoms with Gasteiger partial charge in [0.15, 0.2) is 0 Å². The van der Waals surface area contributed by atoms with Crippen molar-refractivity contribution in [2.75, 3.05) is 30.8 Å². The highest BCUT2D eigenvalue weighted by Gasteiger charge is 2.17. The Balaban J connectivity index is 3.15. The molecule has 5 heteroatoms. The lowest BCUT2D eigenvalue weighted by atomic mass is 10.2. The minimum Gasteiger partial charge on any atom is -0.465 e. The Morgan fingerprint density at radius 1 is 1.39 bits per heavy atom. The number of ether oxygens (including phenoxy) is 1. The number of esters is 1. The van der Waals surface area contributed by atoms with Crippen molar-refractivity contribution in [1.29, 1.82) is 0 Å². The molecule has 1 heterocycles. The fourth-order valence-electron chi connectivity index (χ4n) is 1.88. The maximum Gasteiger partial charge on any atom is 0.340 e. The molecule has 0 aliphatic rings. The van der Waals surface area contributed by atoms with E-state index in [-0.39, 0.29) is 5.97 Å². The van der Waals surface area contributed by atoms with E-state index in [2.05, 4.69) is 23.7 Å². The molecule has 1 aromatic rings. The van der Waals surface area contributed by atoms with Gasteiger partial charge in [-0.1, -0.05) is 13.8 Å². The Hall–Kier alpha value is -1.78. The molecular weight excluding hydrogens is 230 g/mol. The molecule has 0 radical (unpaired) electrons. The first-order valence-electron chi connectivity index (χ1n) is 6.22. The molecule has 0 saturated carbocycles. The molecule has 0 aromatic carbocycles. The minimum absolute atomic E-state index is 0.326. The first-order chi connectivity index (χ1) is 8.63. The first-order valence-corrected chi connectivity index (χ1v) is 6.22. The van der Waals surface area contributed by atoms with Crippen LogP contribution < -0.4 is 10.6 Å². The zero-order valence-electron chi connectivity index (χ0n) is 11.3. The van der Waals surface area contributed by atoms with E-state index in [9.17, 15) is 4.79 Å². The normalized spacial score (nSPS) is 10.2. The highest BCUT2D eigenvalue weighted by molar-refractivity contribution is 5.96. The Labute approximate surface area is 108 Å². The van der Waals surface area contributed by atoms with E-state index in [1.807, 2.05) is 0 Å². The van der Waals surface area contributed by atoms with Gasteiger partial charge in [0.25, 0.3) is 0 Å². The third-order valence-corrected chi connectivity index (χ3v) is 2.64. The van der Waals surface area contributed by atoms with Gasteiger partial charge in [-0.05, 0) is 18.9 Å². The summed E-state index contributed by atoms with van der Waals surface area (Å²) in [5, 5.41) is 0. The summed E-state index contributed by atoms with van der Waals surface area (Å²) in [4.78, 5) is 18.0. The minimum atomic E-state index is -0.378. The van der Waals surface area contributed by atoms with Gasteiger partial charge in [-0.15, -0.1) is 0 Å². The highest BCUT2D eigenvalue weighted by Crippen LogP contribution is 2.22. The fourth-order valence-corrected chi connectivity index (χ4v) is 1.88. The van der Waals surface area contributed by atoms with Crippen molar-refractivity contribution in [3.05, 3.63) is 17.8 Å². The van der Waals surface area contributed by atoms with E-state index in [0.717, 1.165) is 31.6 Å². The van der Waals surface area contributed by atoms with E-state index in [4.69, 9.17) is 10.5 Å². The molecule has 5 nitrogen and oxygen atoms in total. The quantitative estimate of drug-likeness (QED) is 0.784. The summed E-state index contributed by atoms with van der Waals surface area (Å²) in [6.45, 7) is 5.96. The van der Waals surface area contributed by atoms with Crippen LogP contribution in [0.4, 0.5) is 11.5 Å². The number of pyridine rings is 1. The van der Waals surface area contributed by atoms with Gasteiger partial charge in [-0.2, -0.15) is 0 Å². The summed E-state index contributed by atoms with van der Waals surface area (Å²) < 4.78 is 4.79. The monoisotopic (exact) mass is 251 g/mol. The van der Waals surface area contributed by atoms with Crippen LogP contribution in [0.2, 0.25) is 0 Å². The number of hydrogen-bond donors (Lipinski definition) is 1. The second kappa shape index (κ2) is 6.83. The molecule has 0 aliphatic carbocycles. The second-order valence-corrected chi connectivity index (χ2v) is 4.10. The average Bonchev–Trinajstić information content (AvgIpc) is 2.37. The van der Waals surface area contributed by atoms with Crippen LogP contribution in [0, 0.1) is 0 Å². The van der Waals surface area contributed by atoms with Crippen molar-refractivity contribution in [3.63, 3.8) is 0 Å². The Morgan fingerprint density at radius 2 is 2.00 bits per heavy atom. The van der Waals surface area contributed by atoms with Gasteiger partial charge in [-0.3, -0.25) is 0 Å². The Kier molecular flexibility index (Phi) is 5.42. The zero-order valence-corrected chi connectivity index (χ0v) is 11.3. The molecule has 0 amide bonds. The molecule has 0 saturated heterocycles. The molecule has 0 atom stereocenters. The van der Waals surface area contributed by atoms with Crippen molar-refractivity contribution in [3.8, 4) is 0 Å². The smallest absolute Gasteiger partial charge is 0.340 e. The summed E-state index contributed by atoms with van der Waals surface area (Å²) in [5.74, 6) is -0.0524. The number of aromatic nitrogens is 1. The van der Waals surface area contributed by atoms with Crippen LogP contribution in [0.5, 0.6) is 0 Å². The van der Waals surface area contributed by atoms with Crippen LogP contribution in [0.1, 0.15) is 37.0 Å². The summed E-state index contributed by atoms with van der Waals surface area (Å²) in [6.07, 6.45) is 3.66. The number of carbonyl (C=O) groups is 1. The van der Waals surface area contributed by atoms with E-state index in [0.29, 0.717) is 11.4 Å². The van der Waals surface area contributed by atoms with Gasteiger partial charge in [0.2, 0.25) is 0 Å². The molecule has 0 unspecified atom stereocenters. The van der Waals surface area contributed by atoms with Crippen LogP contribution in [-0.4, -0.2) is 31.2 Å². The fraction of sp³-hybridized carbons (Fsp3) is 0.538. The van der Waals surface area contributed by atoms with Crippen molar-refractivity contribution in [2.45, 2.75) is 26.7 Å². The standard InChI is InChI=1S/C13H21N3O2/c1-4-6-16(7-5-2)11-9-15-12(14)8-10(11)13(17)18-3/h8-9H,4-7H2,1-3H3,(H2,14,15). The maximum absolute atomic E-state index is 11.8. The third-order valence-electron chi connectivity index (χ3n) is 2.64. The number of anilines is 2. The van der Waals surface area contributed by atoms with Crippen LogP contribution in [0.3, 0.4) is 0 Å². The average molecular weight is 251 g/mol. The lowest BCUT2D eigenvalue weighted by Gasteiger charge is -2.25. The van der Waals surface area contributed by atoms with Gasteiger partial charge >= 0.3 is 5.97 Å². The lowest BCUT2D eigenvalue weighted by molar-refractivity contribution is 0.0601. The molecule has 0 aliphatic heterocycles. The summed E-state index contributed by atoms with van der Waals surface area (Å²) in [6, 6.07) is 1.57. The largest absolute Gasteiger partial charge is 0.465 e. The summed E-state index contributed by atoms with van der Waals surface area (Å²) in [5.41, 5.74) is 6.90. The van der Waals surface area contributed by atoms with Crippen LogP contribution in [-0.2, 0) is 4.74 Å². The van der Waals surface area contributed by atoms with Gasteiger partial charge < -0.3 is 15.4 Å². The van der Waals surface area contributed by atoms with Gasteiger partial charge in [0, 0.05) is 13.1 Å². The molecule has 2 N–H and O–H groups in total. The molecule has 18 heavy (non-hydrogen) atoms. The number of methoxy groups -OCH3 is 1. The number of carbonyl (C=O) groups excluding carboxylic acids is 1. The van der Waals surface area contributed by atoms with Crippen LogP contribution in [0.15, 0.2) is 12.3 Å². The molecule has 0 spiro atoms. The maximum atomic E-state index is 11.8. The van der Waals surface area contributed by atoms with Crippen molar-refractivity contribution in [2.24, 2.45) is 0 Å². The van der Waals surface area contributed by atoms with Crippen molar-refractivity contribution >= 4 is 17.5 Å². The number of nitrogens with zero attached hydrogens (tertiary/aromatic N) is 2. The molecule has 0 fully saturated rings. The number of nitrogens with two attached hydrogens (primary N) is 1. The zero-order chi connectivity index (χ0) is 13.5. The highest BCUT2D eigenvalue weighted by atomic mass is 16.5. The van der Waals surface area contributed by atoms with E-state index in [1.54, 1.807) is 12.3 Å². The SMILES string of the molecule is CCCN(CCC)c1cnc(N)cc1C(=O)OC. The van der Waals surface area contributed by atoms with E-state index < -0.39 is 0 Å². The number of nitrogen functional groups attached to an aromatic ring is 1. The number of rotatable bonds is 6. The van der Waals surface area contributed by atoms with Gasteiger partial charge in [-0.25, -0.2) is 9.78 Å². The summed E-state index contributed by atoms with van der Waals surface area (Å²) >= 11 is 0. The predicted octanol–water partition coefficient (Wildman–Crippen LogP) is 2.08. The number of hydrogen-bond acceptors (Lipinski definition) is 5. The molecule has 0 bridgehead atoms. The molecule has 1 rings (SSSR count). The van der Waals surface area contributed by atoms with Crippen LogP contribution >= 0.6 is 0 Å². The summed E-state index contributed by atoms with van der Waals surface area (Å²) in [7, 11) is 1.37. The van der Waals surface area contributed by atoms with Crippen molar-refractivity contribution in [1.82, 2.24) is 4.98 Å². The van der Waals surface area contributed by atoms with Crippen LogP contribution in [0.25, 0.3) is 0 Å². The predicted molar refractivity (Wildman–Crippen MR) is 72.8 cm³/mol. The third kappa shape index (κ3) is 3.35. The second-order valence-electron chi connectivity index (χ2n) is 4.10. The van der Waals surface area contributed by atoms with Gasteiger partial charge in [0.1, 0.15) is 5.82 Å². The molecular formula is C13H21N3O2. The van der Waals surface area contributed by atoms with E-state index in [1.165, 1.54) is 7.11 Å². The Morgan fingerprint density at radius 3 is 2.50 bits per heavy atom.